The van der Waals surface area contributed by atoms with Crippen molar-refractivity contribution in [1.29, 1.82) is 0 Å². The Hall–Kier alpha value is -1.62. The minimum Gasteiger partial charge on any atom is -0.459 e. The predicted octanol–water partition coefficient (Wildman–Crippen LogP) is 0.959. The number of aliphatic hydroxyl groups excluding tert-OH is 5. The molecule has 0 amide bonds. The third-order valence-electron chi connectivity index (χ3n) is 12.8. The number of rotatable bonds is 14. The van der Waals surface area contributed by atoms with Crippen LogP contribution in [-0.2, 0) is 42.8 Å². The minimum absolute atomic E-state index is 0.0195. The number of cyclic esters (lactones) is 1. The summed E-state index contributed by atoms with van der Waals surface area (Å²) in [6.45, 7) is 16.0. The third-order valence-corrected chi connectivity index (χ3v) is 12.8. The molecule has 352 valence electrons. The number of ether oxygens (including phenoxy) is 7. The Balaban J connectivity index is 2.22. The molecule has 3 unspecified atom stereocenters. The second-order valence-corrected chi connectivity index (χ2v) is 18.3. The van der Waals surface area contributed by atoms with Gasteiger partial charge in [0.2, 0.25) is 0 Å². The first kappa shape index (κ1) is 52.7. The van der Waals surface area contributed by atoms with Gasteiger partial charge in [0.1, 0.15) is 36.6 Å². The zero-order valence-corrected chi connectivity index (χ0v) is 38.1. The van der Waals surface area contributed by atoms with Crippen LogP contribution in [0.4, 0.5) is 0 Å². The lowest BCUT2D eigenvalue weighted by Gasteiger charge is -2.49. The van der Waals surface area contributed by atoms with E-state index in [1.165, 1.54) is 14.0 Å². The molecule has 0 bridgehead atoms. The molecule has 18 heteroatoms. The van der Waals surface area contributed by atoms with Gasteiger partial charge in [0.25, 0.3) is 0 Å². The largest absolute Gasteiger partial charge is 0.459 e. The summed E-state index contributed by atoms with van der Waals surface area (Å²) in [6, 6.07) is -0.353. The second-order valence-electron chi connectivity index (χ2n) is 18.3. The van der Waals surface area contributed by atoms with E-state index in [4.69, 9.17) is 43.1 Å². The fourth-order valence-corrected chi connectivity index (χ4v) is 9.12. The van der Waals surface area contributed by atoms with Crippen LogP contribution in [-0.4, -0.2) is 190 Å². The van der Waals surface area contributed by atoms with Gasteiger partial charge in [0, 0.05) is 37.3 Å². The van der Waals surface area contributed by atoms with Crippen LogP contribution in [0.15, 0.2) is 5.16 Å². The SMILES string of the molecule is CCC1OC(=O)[C@H](C)C(O[C@H]2C[C@@](C)(OC)[C@@H](O)[C@H](C)O2)[C@H](C)[C@@H](O[C@@H]2O[C@H](C)C[C@H](N(C)C)[C@H]2O)[C@](C)(O)C[C@@H](C)/C(=N\OCC(O)COCCO)[C@H](C)[C@@H](O)[C@]1(C)O. The molecule has 0 aromatic rings. The number of aliphatic hydroxyl groups is 7. The maximum atomic E-state index is 14.3. The Morgan fingerprint density at radius 3 is 2.17 bits per heavy atom. The highest BCUT2D eigenvalue weighted by Gasteiger charge is 2.53. The van der Waals surface area contributed by atoms with Crippen LogP contribution in [0.25, 0.3) is 0 Å². The van der Waals surface area contributed by atoms with E-state index in [1.54, 1.807) is 55.4 Å². The normalized spacial score (nSPS) is 45.2. The molecular formula is C42H78N2O16. The summed E-state index contributed by atoms with van der Waals surface area (Å²) in [5, 5.41) is 83.1. The number of methoxy groups -OCH3 is 1. The van der Waals surface area contributed by atoms with Gasteiger partial charge < -0.3 is 78.6 Å². The highest BCUT2D eigenvalue weighted by molar-refractivity contribution is 5.88. The number of nitrogens with zero attached hydrogens (tertiary/aromatic N) is 2. The molecule has 3 aliphatic heterocycles. The first-order valence-electron chi connectivity index (χ1n) is 21.5. The number of oxime groups is 1. The molecule has 3 fully saturated rings. The summed E-state index contributed by atoms with van der Waals surface area (Å²) in [6.07, 6.45) is -11.1. The average Bonchev–Trinajstić information content (AvgIpc) is 3.17. The molecule has 3 rings (SSSR count). The molecule has 18 nitrogen and oxygen atoms in total. The fourth-order valence-electron chi connectivity index (χ4n) is 9.12. The van der Waals surface area contributed by atoms with E-state index in [-0.39, 0.29) is 63.5 Å². The molecule has 60 heavy (non-hydrogen) atoms. The topological polar surface area (TPSA) is 248 Å². The molecule has 3 saturated heterocycles. The number of hydrogen-bond donors (Lipinski definition) is 7. The summed E-state index contributed by atoms with van der Waals surface area (Å²) in [5.41, 5.74) is -4.70. The Kier molecular flexibility index (Phi) is 19.6. The maximum absolute atomic E-state index is 14.3. The van der Waals surface area contributed by atoms with Crippen molar-refractivity contribution in [2.24, 2.45) is 28.8 Å². The van der Waals surface area contributed by atoms with Crippen molar-refractivity contribution < 1.29 is 78.5 Å². The van der Waals surface area contributed by atoms with E-state index in [9.17, 15) is 35.4 Å². The summed E-state index contributed by atoms with van der Waals surface area (Å²) < 4.78 is 42.8. The van der Waals surface area contributed by atoms with Crippen molar-refractivity contribution in [1.82, 2.24) is 4.90 Å². The first-order valence-corrected chi connectivity index (χ1v) is 21.5. The highest BCUT2D eigenvalue weighted by atomic mass is 16.7. The molecule has 19 atom stereocenters. The van der Waals surface area contributed by atoms with Crippen LogP contribution in [0.5, 0.6) is 0 Å². The Morgan fingerprint density at radius 2 is 1.58 bits per heavy atom. The highest BCUT2D eigenvalue weighted by Crippen LogP contribution is 2.41. The lowest BCUT2D eigenvalue weighted by atomic mass is 9.73. The average molecular weight is 867 g/mol. The molecule has 0 aromatic carbocycles. The Bertz CT molecular complexity index is 1350. The van der Waals surface area contributed by atoms with Crippen molar-refractivity contribution in [2.75, 3.05) is 47.6 Å². The minimum atomic E-state index is -2.02. The van der Waals surface area contributed by atoms with Gasteiger partial charge in [0.15, 0.2) is 12.6 Å². The van der Waals surface area contributed by atoms with Crippen molar-refractivity contribution in [3.05, 3.63) is 0 Å². The molecule has 0 spiro atoms. The zero-order chi connectivity index (χ0) is 45.5. The fraction of sp³-hybridized carbons (Fsp3) is 0.952. The zero-order valence-electron chi connectivity index (χ0n) is 38.1. The first-order chi connectivity index (χ1) is 27.9. The molecule has 0 aromatic heterocycles. The van der Waals surface area contributed by atoms with Crippen molar-refractivity contribution in [3.8, 4) is 0 Å². The van der Waals surface area contributed by atoms with E-state index < -0.39 is 108 Å². The summed E-state index contributed by atoms with van der Waals surface area (Å²) in [5.74, 6) is -4.38. The third kappa shape index (κ3) is 12.8. The van der Waals surface area contributed by atoms with E-state index >= 15 is 0 Å². The van der Waals surface area contributed by atoms with Gasteiger partial charge in [-0.05, 0) is 74.9 Å². The predicted molar refractivity (Wildman–Crippen MR) is 219 cm³/mol. The van der Waals surface area contributed by atoms with Crippen molar-refractivity contribution in [3.63, 3.8) is 0 Å². The van der Waals surface area contributed by atoms with Gasteiger partial charge >= 0.3 is 5.97 Å². The molecule has 7 N–H and O–H groups in total. The monoisotopic (exact) mass is 867 g/mol. The summed E-state index contributed by atoms with van der Waals surface area (Å²) in [4.78, 5) is 21.8. The van der Waals surface area contributed by atoms with Gasteiger partial charge in [-0.15, -0.1) is 0 Å². The number of hydrogen-bond acceptors (Lipinski definition) is 18. The van der Waals surface area contributed by atoms with E-state index in [0.29, 0.717) is 6.42 Å². The quantitative estimate of drug-likeness (QED) is 0.0730. The van der Waals surface area contributed by atoms with Crippen LogP contribution < -0.4 is 0 Å². The van der Waals surface area contributed by atoms with E-state index in [1.807, 2.05) is 25.9 Å². The van der Waals surface area contributed by atoms with Crippen molar-refractivity contribution in [2.45, 2.75) is 185 Å². The number of carbonyl (C=O) groups excluding carboxylic acids is 1. The van der Waals surface area contributed by atoms with Crippen LogP contribution in [0.2, 0.25) is 0 Å². The lowest BCUT2D eigenvalue weighted by Crippen LogP contribution is -2.61. The molecule has 0 aliphatic carbocycles. The number of likely N-dealkylation sites (N-methyl/N-ethyl adjacent to an activating group) is 1. The van der Waals surface area contributed by atoms with Gasteiger partial charge in [-0.25, -0.2) is 0 Å². The van der Waals surface area contributed by atoms with Gasteiger partial charge in [-0.1, -0.05) is 32.9 Å². The van der Waals surface area contributed by atoms with Crippen LogP contribution in [0.3, 0.4) is 0 Å². The smallest absolute Gasteiger partial charge is 0.311 e. The van der Waals surface area contributed by atoms with Gasteiger partial charge in [-0.2, -0.15) is 0 Å². The molecular weight excluding hydrogens is 788 g/mol. The molecule has 0 saturated carbocycles. The van der Waals surface area contributed by atoms with Crippen LogP contribution in [0, 0.1) is 23.7 Å². The molecule has 3 heterocycles. The van der Waals surface area contributed by atoms with Crippen molar-refractivity contribution >= 4 is 11.7 Å². The van der Waals surface area contributed by atoms with Gasteiger partial charge in [0.05, 0.1) is 73.2 Å². The van der Waals surface area contributed by atoms with E-state index in [2.05, 4.69) is 5.16 Å². The standard InChI is InChI=1S/C42H78N2O16/c1-14-30-42(10,52)35(48)24(4)32(43-55-21-28(46)20-54-16-15-45)22(2)18-40(8,51)37(60-39-33(47)29(44(11)12)17-23(3)56-39)25(5)34(26(6)38(50)58-30)59-31-19-41(9,53-13)36(49)27(7)57-31/h22-31,33-37,39,45-49,51-52H,14-21H2,1-13H3/b43-32+/t22-,23-,24+,25+,26-,27+,28?,29+,30?,31+,33-,34?,35-,36+,37-,39+,40-,41-,42-/m1/s1. The maximum Gasteiger partial charge on any atom is 0.311 e. The Labute approximate surface area is 356 Å². The Morgan fingerprint density at radius 1 is 0.933 bits per heavy atom. The lowest BCUT2D eigenvalue weighted by molar-refractivity contribution is -0.317. The number of esters is 1. The van der Waals surface area contributed by atoms with Gasteiger partial charge in [-0.3, -0.25) is 4.79 Å². The second kappa shape index (κ2) is 22.3. The van der Waals surface area contributed by atoms with Crippen LogP contribution in [0.1, 0.15) is 94.9 Å². The molecule has 3 aliphatic rings. The number of carbonyl (C=O) groups is 1. The van der Waals surface area contributed by atoms with Crippen LogP contribution >= 0.6 is 0 Å². The summed E-state index contributed by atoms with van der Waals surface area (Å²) >= 11 is 0. The van der Waals surface area contributed by atoms with E-state index in [0.717, 1.165) is 0 Å². The summed E-state index contributed by atoms with van der Waals surface area (Å²) in [7, 11) is 5.17. The molecule has 0 radical (unpaired) electrons.